The maximum atomic E-state index is 13.7. The molecule has 0 bridgehead atoms. The first kappa shape index (κ1) is 106. The Bertz CT molecular complexity index is 7320. The number of likely N-dealkylation sites (tertiary alicyclic amines) is 4. The Kier molecular flexibility index (Phi) is 35.9. The minimum Gasteiger partial charge on any atom is -0.497 e. The summed E-state index contributed by atoms with van der Waals surface area (Å²) in [5.74, 6) is 1.22. The van der Waals surface area contributed by atoms with Crippen molar-refractivity contribution in [2.75, 3.05) is 86.2 Å². The number of piperidine rings is 4. The van der Waals surface area contributed by atoms with E-state index in [9.17, 15) is 42.7 Å². The van der Waals surface area contributed by atoms with Gasteiger partial charge in [-0.25, -0.2) is 4.39 Å². The Hall–Kier alpha value is -14.8. The van der Waals surface area contributed by atoms with Crippen LogP contribution in [0.5, 0.6) is 11.5 Å². The van der Waals surface area contributed by atoms with Crippen molar-refractivity contribution in [3.05, 3.63) is 409 Å². The first-order valence-electron chi connectivity index (χ1n) is 51.0. The van der Waals surface area contributed by atoms with Crippen LogP contribution in [0.15, 0.2) is 316 Å². The molecule has 0 spiro atoms. The fraction of sp³-hybridized carbons (Fsp3) is 0.281. The first-order valence-corrected chi connectivity index (χ1v) is 52.5. The number of benzene rings is 11. The van der Waals surface area contributed by atoms with Gasteiger partial charge in [-0.15, -0.1) is 0 Å². The molecule has 0 radical (unpaired) electrons. The molecule has 8 amide bonds. The van der Waals surface area contributed by atoms with Crippen LogP contribution >= 0.6 is 46.4 Å². The van der Waals surface area contributed by atoms with E-state index in [0.29, 0.717) is 199 Å². The van der Waals surface area contributed by atoms with Gasteiger partial charge in [0.1, 0.15) is 40.1 Å². The van der Waals surface area contributed by atoms with E-state index in [4.69, 9.17) is 55.9 Å². The number of hydrogen-bond donors (Lipinski definition) is 4. The van der Waals surface area contributed by atoms with E-state index >= 15 is 0 Å². The van der Waals surface area contributed by atoms with Gasteiger partial charge in [-0.1, -0.05) is 204 Å². The first-order chi connectivity index (χ1) is 72.5. The normalized spacial score (nSPS) is 14.3. The second-order valence-corrected chi connectivity index (χ2v) is 40.2. The summed E-state index contributed by atoms with van der Waals surface area (Å²) in [5.41, 5.74) is 15.3. The topological polar surface area (TPSA) is 249 Å². The number of rotatable bonds is 29. The van der Waals surface area contributed by atoms with Gasteiger partial charge in [-0.05, 0) is 268 Å². The van der Waals surface area contributed by atoms with Crippen molar-refractivity contribution in [3.63, 3.8) is 0 Å². The van der Waals surface area contributed by atoms with Gasteiger partial charge in [-0.3, -0.25) is 43.3 Å². The number of ether oxygens (including phenoxy) is 2. The number of para-hydroxylation sites is 4. The monoisotopic (exact) mass is 2080 g/mol. The summed E-state index contributed by atoms with van der Waals surface area (Å²) in [6, 6.07) is 96.8. The van der Waals surface area contributed by atoms with Gasteiger partial charge in [0.15, 0.2) is 0 Å². The number of methoxy groups -OCH3 is 2. The number of nitrogens with zero attached hydrogens (tertiary/aromatic N) is 9. The predicted octanol–water partition coefficient (Wildman–Crippen LogP) is 22.3. The molecule has 4 saturated heterocycles. The van der Waals surface area contributed by atoms with E-state index in [1.807, 2.05) is 306 Å². The molecule has 28 heteroatoms. The number of halogens is 5. The van der Waals surface area contributed by atoms with E-state index in [1.165, 1.54) is 12.1 Å². The molecule has 4 fully saturated rings. The molecule has 23 nitrogen and oxygen atoms in total. The zero-order valence-corrected chi connectivity index (χ0v) is 86.8. The van der Waals surface area contributed by atoms with Crippen LogP contribution in [-0.2, 0) is 64.6 Å². The lowest BCUT2D eigenvalue weighted by Gasteiger charge is -2.32. The third-order valence-corrected chi connectivity index (χ3v) is 29.7. The van der Waals surface area contributed by atoms with Crippen LogP contribution in [-0.4, -0.2) is 176 Å². The van der Waals surface area contributed by atoms with Gasteiger partial charge in [0.05, 0.1) is 20.3 Å². The average Bonchev–Trinajstić information content (AvgIpc) is 1.64. The molecule has 16 aromatic rings. The molecule has 4 aliphatic rings. The molecule has 149 heavy (non-hydrogen) atoms. The number of carbonyl (C=O) groups excluding carboxylic acids is 8. The summed E-state index contributed by atoms with van der Waals surface area (Å²) in [6.45, 7) is 10.4. The van der Waals surface area contributed by atoms with Crippen LogP contribution in [0.2, 0.25) is 20.1 Å². The van der Waals surface area contributed by atoms with Crippen molar-refractivity contribution in [2.24, 2.45) is 23.7 Å². The summed E-state index contributed by atoms with van der Waals surface area (Å²) in [6.07, 6.45) is 10.8. The highest BCUT2D eigenvalue weighted by Gasteiger charge is 2.36. The zero-order chi connectivity index (χ0) is 104. The maximum Gasteiger partial charge on any atom is 0.270 e. The van der Waals surface area contributed by atoms with Crippen molar-refractivity contribution in [1.29, 1.82) is 0 Å². The average molecular weight is 2080 g/mol. The highest BCUT2D eigenvalue weighted by molar-refractivity contribution is 6.31. The SMILES string of the molecule is CC(NC(=O)C1CCN(C(=O)c2cc3ccccc3n2Cc2ccc(Cl)cc2)CC1)c1ccncc1.COc1ccc(CCNC(=O)C2CCN(C(=O)c3cc4ccccc4n3Cc3ccc(Cl)cc3)CC2)cc1.COc1cccc(CCNC(=O)C2CCN(C(=O)c3cc4ccccc4n3Cc3ccc(Cl)cc3)CC2)c1.O=C(NCCc1ccc(F)cc1)C1CCN(C(=O)c2cc3ccccc3n2Cc2ccc(Cl)cc2)CC1. The van der Waals surface area contributed by atoms with Crippen LogP contribution in [0.3, 0.4) is 0 Å². The van der Waals surface area contributed by atoms with E-state index in [1.54, 1.807) is 38.7 Å². The minimum absolute atomic E-state index is 0.00387. The van der Waals surface area contributed by atoms with E-state index in [-0.39, 0.29) is 82.8 Å². The second kappa shape index (κ2) is 50.7. The van der Waals surface area contributed by atoms with Gasteiger partial charge in [0, 0.05) is 198 Å². The van der Waals surface area contributed by atoms with Crippen LogP contribution < -0.4 is 30.7 Å². The second-order valence-electron chi connectivity index (χ2n) is 38.4. The van der Waals surface area contributed by atoms with Crippen LogP contribution in [0, 0.1) is 29.5 Å². The number of carbonyl (C=O) groups is 8. The minimum atomic E-state index is -0.264. The van der Waals surface area contributed by atoms with Crippen LogP contribution in [0.4, 0.5) is 4.39 Å². The van der Waals surface area contributed by atoms with Gasteiger partial charge in [0.2, 0.25) is 23.6 Å². The Morgan fingerprint density at radius 2 is 0.591 bits per heavy atom. The fourth-order valence-corrected chi connectivity index (χ4v) is 20.6. The van der Waals surface area contributed by atoms with Gasteiger partial charge >= 0.3 is 0 Å². The lowest BCUT2D eigenvalue weighted by molar-refractivity contribution is -0.127. The molecule has 9 heterocycles. The van der Waals surface area contributed by atoms with E-state index in [0.717, 1.165) is 112 Å². The molecule has 4 aliphatic heterocycles. The Morgan fingerprint density at radius 1 is 0.315 bits per heavy atom. The van der Waals surface area contributed by atoms with Gasteiger partial charge < -0.3 is 68.6 Å². The van der Waals surface area contributed by atoms with Crippen molar-refractivity contribution >= 4 is 137 Å². The van der Waals surface area contributed by atoms with Crippen LogP contribution in [0.1, 0.15) is 151 Å². The summed E-state index contributed by atoms with van der Waals surface area (Å²) in [7, 11) is 3.30. The summed E-state index contributed by atoms with van der Waals surface area (Å²) < 4.78 is 31.8. The van der Waals surface area contributed by atoms with Crippen molar-refractivity contribution < 1.29 is 52.2 Å². The highest BCUT2D eigenvalue weighted by atomic mass is 35.5. The lowest BCUT2D eigenvalue weighted by Crippen LogP contribution is -2.43. The zero-order valence-electron chi connectivity index (χ0n) is 83.8. The molecule has 0 aliphatic carbocycles. The number of hydrogen-bond acceptors (Lipinski definition) is 11. The highest BCUT2D eigenvalue weighted by Crippen LogP contribution is 2.34. The molecule has 4 N–H and O–H groups in total. The summed E-state index contributed by atoms with van der Waals surface area (Å²) in [5, 5.41) is 19.2. The number of pyridine rings is 1. The lowest BCUT2D eigenvalue weighted by atomic mass is 9.95. The number of amides is 8. The Balaban J connectivity index is 0.000000135. The maximum absolute atomic E-state index is 13.7. The number of fused-ring (bicyclic) bond motifs is 4. The molecule has 766 valence electrons. The molecule has 0 saturated carbocycles. The number of aromatic nitrogens is 5. The van der Waals surface area contributed by atoms with Crippen LogP contribution in [0.25, 0.3) is 43.6 Å². The Morgan fingerprint density at radius 3 is 0.893 bits per heavy atom. The fourth-order valence-electron chi connectivity index (χ4n) is 20.1. The third-order valence-electron chi connectivity index (χ3n) is 28.7. The smallest absolute Gasteiger partial charge is 0.270 e. The van der Waals surface area contributed by atoms with Gasteiger partial charge in [0.25, 0.3) is 23.6 Å². The van der Waals surface area contributed by atoms with Crippen molar-refractivity contribution in [3.8, 4) is 11.5 Å². The Labute approximate surface area is 887 Å². The quantitative estimate of drug-likeness (QED) is 0.0343. The largest absolute Gasteiger partial charge is 0.497 e. The number of nitrogens with one attached hydrogen (secondary N) is 4. The molecule has 20 rings (SSSR count). The predicted molar refractivity (Wildman–Crippen MR) is 588 cm³/mol. The van der Waals surface area contributed by atoms with Gasteiger partial charge in [-0.2, -0.15) is 0 Å². The molecular weight excluding hydrogens is 1960 g/mol. The standard InChI is InChI=1S/2C31H32ClN3O3.C30H29ClFN3O2.C29H29ClN4O2/c1-38-27-7-4-5-22(19-27)13-16-33-30(36)24-14-17-34(18-15-24)31(37)29-20-25-6-2-3-8-28(25)35(29)21-23-9-11-26(32)12-10-23;1-38-27-12-8-22(9-13-27)14-17-33-30(36)24-15-18-34(19-16-24)31(37)29-20-25-4-2-3-5-28(25)35(29)21-23-6-10-26(32)11-7-23;31-25-9-5-22(6-10-25)20-35-27-4-2-1-3-24(27)19-28(35)30(37)34-17-14-23(15-18-34)29(36)33-16-13-21-7-11-26(32)12-8-21;1-20(22-10-14-31-15-11-22)32-28(35)23-12-16-33(17-13-23)29(36)27-18-24-4-2-3-5-26(24)34(27)19-21-6-8-25(30)9-7-21/h2-12,19-20,24H,13-18,21H2,1H3,(H,33,36);2-13,20,24H,14-19,21H2,1H3,(H,33,36);1-12,19,23H,13-18,20H2,(H,33,36);2-11,14-15,18,20,23H,12-13,16-17,19H2,1H3,(H,32,35). The summed E-state index contributed by atoms with van der Waals surface area (Å²) in [4.78, 5) is 117. The van der Waals surface area contributed by atoms with Crippen molar-refractivity contribution in [1.82, 2.24) is 64.1 Å². The molecule has 11 aromatic carbocycles. The molecule has 5 aromatic heterocycles. The van der Waals surface area contributed by atoms with E-state index in [2.05, 4.69) is 44.5 Å². The van der Waals surface area contributed by atoms with Crippen molar-refractivity contribution in [2.45, 2.75) is 110 Å². The third kappa shape index (κ3) is 27.4. The molecule has 1 atom stereocenters. The molecular formula is C121H122Cl4FN13O10. The summed E-state index contributed by atoms with van der Waals surface area (Å²) >= 11 is 24.3. The van der Waals surface area contributed by atoms with E-state index < -0.39 is 0 Å². The molecule has 1 unspecified atom stereocenters.